The molecule has 1 unspecified atom stereocenters. The SMILES string of the molecule is CCc1ccc(C(O)CCCC(=O)OC)cc1. The quantitative estimate of drug-likeness (QED) is 0.772. The summed E-state index contributed by atoms with van der Waals surface area (Å²) in [4.78, 5) is 10.9. The van der Waals surface area contributed by atoms with Gasteiger partial charge in [0.25, 0.3) is 0 Å². The molecule has 0 fully saturated rings. The van der Waals surface area contributed by atoms with Gasteiger partial charge < -0.3 is 9.84 Å². The largest absolute Gasteiger partial charge is 0.469 e. The second-order valence-corrected chi connectivity index (χ2v) is 4.08. The van der Waals surface area contributed by atoms with E-state index in [1.165, 1.54) is 12.7 Å². The third-order valence-electron chi connectivity index (χ3n) is 2.86. The van der Waals surface area contributed by atoms with Crippen LogP contribution in [0.2, 0.25) is 0 Å². The van der Waals surface area contributed by atoms with Crippen molar-refractivity contribution in [3.8, 4) is 0 Å². The van der Waals surface area contributed by atoms with Gasteiger partial charge in [0.05, 0.1) is 13.2 Å². The van der Waals surface area contributed by atoms with E-state index in [2.05, 4.69) is 11.7 Å². The van der Waals surface area contributed by atoms with Crippen LogP contribution in [0.15, 0.2) is 24.3 Å². The van der Waals surface area contributed by atoms with Gasteiger partial charge in [-0.05, 0) is 30.4 Å². The molecule has 0 amide bonds. The van der Waals surface area contributed by atoms with Crippen molar-refractivity contribution in [2.75, 3.05) is 7.11 Å². The van der Waals surface area contributed by atoms with Crippen LogP contribution in [0.1, 0.15) is 43.4 Å². The zero-order valence-corrected chi connectivity index (χ0v) is 10.5. The number of methoxy groups -OCH3 is 1. The number of carbonyl (C=O) groups is 1. The first-order valence-corrected chi connectivity index (χ1v) is 6.01. The monoisotopic (exact) mass is 236 g/mol. The lowest BCUT2D eigenvalue weighted by atomic mass is 10.0. The lowest BCUT2D eigenvalue weighted by Crippen LogP contribution is -2.03. The molecule has 0 heterocycles. The summed E-state index contributed by atoms with van der Waals surface area (Å²) in [5.74, 6) is -0.224. The van der Waals surface area contributed by atoms with Crippen LogP contribution in [-0.2, 0) is 16.0 Å². The molecule has 0 aliphatic rings. The highest BCUT2D eigenvalue weighted by Gasteiger charge is 2.08. The van der Waals surface area contributed by atoms with Crippen LogP contribution in [0, 0.1) is 0 Å². The molecule has 0 saturated carbocycles. The highest BCUT2D eigenvalue weighted by atomic mass is 16.5. The number of aliphatic hydroxyl groups excluding tert-OH is 1. The van der Waals surface area contributed by atoms with Crippen molar-refractivity contribution < 1.29 is 14.6 Å². The number of ether oxygens (including phenoxy) is 1. The molecule has 1 N–H and O–H groups in total. The standard InChI is InChI=1S/C14H20O3/c1-3-11-7-9-12(10-8-11)13(15)5-4-6-14(16)17-2/h7-10,13,15H,3-6H2,1-2H3. The van der Waals surface area contributed by atoms with Crippen LogP contribution in [0.5, 0.6) is 0 Å². The Bertz CT molecular complexity index is 343. The van der Waals surface area contributed by atoms with E-state index in [0.717, 1.165) is 12.0 Å². The van der Waals surface area contributed by atoms with Crippen LogP contribution in [0.4, 0.5) is 0 Å². The van der Waals surface area contributed by atoms with Crippen molar-refractivity contribution >= 4 is 5.97 Å². The average molecular weight is 236 g/mol. The third kappa shape index (κ3) is 4.57. The van der Waals surface area contributed by atoms with Gasteiger partial charge in [-0.2, -0.15) is 0 Å². The molecule has 0 spiro atoms. The highest BCUT2D eigenvalue weighted by Crippen LogP contribution is 2.19. The van der Waals surface area contributed by atoms with Crippen molar-refractivity contribution in [3.63, 3.8) is 0 Å². The molecule has 0 saturated heterocycles. The summed E-state index contributed by atoms with van der Waals surface area (Å²) in [6.07, 6.45) is 2.09. The van der Waals surface area contributed by atoms with Crippen molar-refractivity contribution in [3.05, 3.63) is 35.4 Å². The zero-order chi connectivity index (χ0) is 12.7. The fraction of sp³-hybridized carbons (Fsp3) is 0.500. The number of rotatable bonds is 6. The first kappa shape index (κ1) is 13.7. The van der Waals surface area contributed by atoms with E-state index < -0.39 is 6.10 Å². The van der Waals surface area contributed by atoms with Gasteiger partial charge in [-0.15, -0.1) is 0 Å². The zero-order valence-electron chi connectivity index (χ0n) is 10.5. The van der Waals surface area contributed by atoms with Gasteiger partial charge in [-0.1, -0.05) is 31.2 Å². The summed E-state index contributed by atoms with van der Waals surface area (Å²) in [5.41, 5.74) is 2.17. The van der Waals surface area contributed by atoms with Gasteiger partial charge in [-0.25, -0.2) is 0 Å². The Morgan fingerprint density at radius 2 is 2.00 bits per heavy atom. The maximum absolute atomic E-state index is 10.9. The number of carbonyl (C=O) groups excluding carboxylic acids is 1. The van der Waals surface area contributed by atoms with E-state index in [9.17, 15) is 9.90 Å². The highest BCUT2D eigenvalue weighted by molar-refractivity contribution is 5.68. The molecule has 0 aliphatic heterocycles. The smallest absolute Gasteiger partial charge is 0.305 e. The van der Waals surface area contributed by atoms with Crippen molar-refractivity contribution in [1.29, 1.82) is 0 Å². The first-order valence-electron chi connectivity index (χ1n) is 6.01. The van der Waals surface area contributed by atoms with Crippen LogP contribution >= 0.6 is 0 Å². The molecule has 1 aromatic rings. The predicted octanol–water partition coefficient (Wildman–Crippen LogP) is 2.63. The van der Waals surface area contributed by atoms with E-state index in [-0.39, 0.29) is 5.97 Å². The molecular weight excluding hydrogens is 216 g/mol. The Morgan fingerprint density at radius 1 is 1.35 bits per heavy atom. The predicted molar refractivity (Wildman–Crippen MR) is 66.6 cm³/mol. The number of hydrogen-bond acceptors (Lipinski definition) is 3. The van der Waals surface area contributed by atoms with Crippen LogP contribution in [-0.4, -0.2) is 18.2 Å². The van der Waals surface area contributed by atoms with Crippen molar-refractivity contribution in [2.45, 2.75) is 38.7 Å². The normalized spacial score (nSPS) is 12.2. The molecule has 1 rings (SSSR count). The van der Waals surface area contributed by atoms with E-state index in [0.29, 0.717) is 19.3 Å². The van der Waals surface area contributed by atoms with Gasteiger partial charge in [0, 0.05) is 6.42 Å². The van der Waals surface area contributed by atoms with Gasteiger partial charge >= 0.3 is 5.97 Å². The Kier molecular flexibility index (Phi) is 5.70. The summed E-state index contributed by atoms with van der Waals surface area (Å²) in [6.45, 7) is 2.10. The summed E-state index contributed by atoms with van der Waals surface area (Å²) in [5, 5.41) is 9.92. The molecular formula is C14H20O3. The maximum atomic E-state index is 10.9. The Balaban J connectivity index is 2.40. The fourth-order valence-corrected chi connectivity index (χ4v) is 1.68. The number of benzene rings is 1. The van der Waals surface area contributed by atoms with Crippen LogP contribution < -0.4 is 0 Å². The minimum absolute atomic E-state index is 0.224. The Hall–Kier alpha value is -1.35. The molecule has 94 valence electrons. The van der Waals surface area contributed by atoms with Gasteiger partial charge in [0.2, 0.25) is 0 Å². The molecule has 0 radical (unpaired) electrons. The minimum atomic E-state index is -0.495. The molecule has 17 heavy (non-hydrogen) atoms. The van der Waals surface area contributed by atoms with Gasteiger partial charge in [0.15, 0.2) is 0 Å². The lowest BCUT2D eigenvalue weighted by molar-refractivity contribution is -0.140. The molecule has 0 aromatic heterocycles. The van der Waals surface area contributed by atoms with Gasteiger partial charge in [-0.3, -0.25) is 4.79 Å². The topological polar surface area (TPSA) is 46.5 Å². The van der Waals surface area contributed by atoms with Crippen molar-refractivity contribution in [2.24, 2.45) is 0 Å². The second-order valence-electron chi connectivity index (χ2n) is 4.08. The summed E-state index contributed by atoms with van der Waals surface area (Å²) in [7, 11) is 1.38. The number of hydrogen-bond donors (Lipinski definition) is 1. The van der Waals surface area contributed by atoms with E-state index in [4.69, 9.17) is 0 Å². The number of aryl methyl sites for hydroxylation is 1. The molecule has 1 atom stereocenters. The molecule has 0 bridgehead atoms. The van der Waals surface area contributed by atoms with E-state index in [1.54, 1.807) is 0 Å². The van der Waals surface area contributed by atoms with E-state index in [1.807, 2.05) is 24.3 Å². The Labute approximate surface area is 102 Å². The summed E-state index contributed by atoms with van der Waals surface area (Å²) in [6, 6.07) is 7.95. The summed E-state index contributed by atoms with van der Waals surface area (Å²) >= 11 is 0. The minimum Gasteiger partial charge on any atom is -0.469 e. The summed E-state index contributed by atoms with van der Waals surface area (Å²) < 4.78 is 4.55. The first-order chi connectivity index (χ1) is 8.17. The van der Waals surface area contributed by atoms with Crippen molar-refractivity contribution in [1.82, 2.24) is 0 Å². The van der Waals surface area contributed by atoms with Gasteiger partial charge in [0.1, 0.15) is 0 Å². The Morgan fingerprint density at radius 3 is 2.53 bits per heavy atom. The molecule has 0 aliphatic carbocycles. The van der Waals surface area contributed by atoms with Crippen LogP contribution in [0.3, 0.4) is 0 Å². The molecule has 3 heteroatoms. The molecule has 3 nitrogen and oxygen atoms in total. The lowest BCUT2D eigenvalue weighted by Gasteiger charge is -2.11. The fourth-order valence-electron chi connectivity index (χ4n) is 1.68. The third-order valence-corrected chi connectivity index (χ3v) is 2.86. The number of aliphatic hydroxyl groups is 1. The molecule has 1 aromatic carbocycles. The maximum Gasteiger partial charge on any atom is 0.305 e. The van der Waals surface area contributed by atoms with E-state index >= 15 is 0 Å². The average Bonchev–Trinajstić information content (AvgIpc) is 2.38. The number of esters is 1. The van der Waals surface area contributed by atoms with Crippen LogP contribution in [0.25, 0.3) is 0 Å². The second kappa shape index (κ2) is 7.07.